The molecule has 2 saturated carbocycles. The summed E-state index contributed by atoms with van der Waals surface area (Å²) in [5, 5.41) is 9.63. The van der Waals surface area contributed by atoms with Crippen LogP contribution in [-0.4, -0.2) is 23.0 Å². The highest BCUT2D eigenvalue weighted by atomic mass is 19.1. The highest BCUT2D eigenvalue weighted by Gasteiger charge is 2.32. The number of ether oxygens (including phenoxy) is 1. The lowest BCUT2D eigenvalue weighted by atomic mass is 9.76. The number of ketones is 1. The Morgan fingerprint density at radius 2 is 1.76 bits per heavy atom. The average molecular weight is 567 g/mol. The maximum Gasteiger partial charge on any atom is 0.310 e. The number of carboxylic acid groups (broad SMARTS) is 1. The number of halogens is 1. The van der Waals surface area contributed by atoms with Gasteiger partial charge in [0.1, 0.15) is 17.3 Å². The minimum Gasteiger partial charge on any atom is -0.490 e. The number of hydrogen-bond acceptors (Lipinski definition) is 3. The summed E-state index contributed by atoms with van der Waals surface area (Å²) >= 11 is 0. The quantitative estimate of drug-likeness (QED) is 0.278. The molecule has 41 heavy (non-hydrogen) atoms. The maximum atomic E-state index is 15.1. The first kappa shape index (κ1) is 32.8. The van der Waals surface area contributed by atoms with Crippen LogP contribution in [0.4, 0.5) is 4.39 Å². The lowest BCUT2D eigenvalue weighted by Gasteiger charge is -2.29. The first-order chi connectivity index (χ1) is 19.5. The van der Waals surface area contributed by atoms with Crippen LogP contribution >= 0.6 is 0 Å². The first-order valence-electron chi connectivity index (χ1n) is 15.8. The molecule has 1 N–H and O–H groups in total. The summed E-state index contributed by atoms with van der Waals surface area (Å²) in [6.07, 6.45) is 8.21. The molecule has 0 radical (unpaired) electrons. The van der Waals surface area contributed by atoms with Crippen molar-refractivity contribution in [1.82, 2.24) is 0 Å². The Balaban J connectivity index is 0.00000226. The van der Waals surface area contributed by atoms with Crippen molar-refractivity contribution in [2.75, 3.05) is 0 Å². The first-order valence-corrected chi connectivity index (χ1v) is 15.8. The molecule has 0 amide bonds. The van der Waals surface area contributed by atoms with Crippen molar-refractivity contribution >= 4 is 11.8 Å². The summed E-state index contributed by atoms with van der Waals surface area (Å²) in [7, 11) is 0. The molecule has 2 aliphatic rings. The highest BCUT2D eigenvalue weighted by molar-refractivity contribution is 5.81. The van der Waals surface area contributed by atoms with Crippen LogP contribution in [0, 0.1) is 23.1 Å². The van der Waals surface area contributed by atoms with Crippen LogP contribution in [0.2, 0.25) is 0 Å². The fourth-order valence-electron chi connectivity index (χ4n) is 6.23. The number of carbonyl (C=O) groups excluding carboxylic acids is 1. The molecular formula is C36H51FO4. The number of Topliss-reactive ketones (excluding diaryl/α,β-unsaturated/α-hetero) is 1. The number of rotatable bonds is 12. The SMILES string of the molecule is CC.CCC(C)(C)C[C@H](C)C(=O)C[C@@H]1CC[C@@H](Oc2ccc([C@@H](C)C(=O)O)cc2-c2cccc(F)c2C2CCC2)C1. The van der Waals surface area contributed by atoms with Gasteiger partial charge in [-0.15, -0.1) is 0 Å². The van der Waals surface area contributed by atoms with E-state index in [1.54, 1.807) is 13.0 Å². The predicted molar refractivity (Wildman–Crippen MR) is 165 cm³/mol. The average Bonchev–Trinajstić information content (AvgIpc) is 3.36. The van der Waals surface area contributed by atoms with Gasteiger partial charge < -0.3 is 9.84 Å². The van der Waals surface area contributed by atoms with Crippen LogP contribution in [-0.2, 0) is 9.59 Å². The van der Waals surface area contributed by atoms with Crippen molar-refractivity contribution in [3.63, 3.8) is 0 Å². The van der Waals surface area contributed by atoms with E-state index in [9.17, 15) is 14.7 Å². The van der Waals surface area contributed by atoms with Crippen molar-refractivity contribution < 1.29 is 23.8 Å². The minimum absolute atomic E-state index is 0.0209. The van der Waals surface area contributed by atoms with Gasteiger partial charge in [0.05, 0.1) is 12.0 Å². The van der Waals surface area contributed by atoms with E-state index in [0.29, 0.717) is 35.0 Å². The third-order valence-corrected chi connectivity index (χ3v) is 9.37. The van der Waals surface area contributed by atoms with E-state index in [1.807, 2.05) is 38.1 Å². The monoisotopic (exact) mass is 566 g/mol. The molecule has 0 aliphatic heterocycles. The minimum atomic E-state index is -0.895. The topological polar surface area (TPSA) is 63.6 Å². The van der Waals surface area contributed by atoms with Crippen LogP contribution in [0.3, 0.4) is 0 Å². The molecule has 0 unspecified atom stereocenters. The molecule has 2 fully saturated rings. The van der Waals surface area contributed by atoms with Crippen LogP contribution in [0.5, 0.6) is 5.75 Å². The third-order valence-electron chi connectivity index (χ3n) is 9.37. The van der Waals surface area contributed by atoms with Crippen molar-refractivity contribution in [3.8, 4) is 16.9 Å². The molecule has 5 heteroatoms. The molecule has 226 valence electrons. The zero-order valence-corrected chi connectivity index (χ0v) is 26.3. The van der Waals surface area contributed by atoms with Gasteiger partial charge in [-0.3, -0.25) is 9.59 Å². The zero-order chi connectivity index (χ0) is 30.3. The summed E-state index contributed by atoms with van der Waals surface area (Å²) in [4.78, 5) is 24.7. The Morgan fingerprint density at radius 3 is 2.37 bits per heavy atom. The molecule has 4 atom stereocenters. The molecular weight excluding hydrogens is 515 g/mol. The number of hydrogen-bond donors (Lipinski definition) is 1. The van der Waals surface area contributed by atoms with Crippen LogP contribution in [0.25, 0.3) is 11.1 Å². The molecule has 0 bridgehead atoms. The van der Waals surface area contributed by atoms with Gasteiger partial charge in [-0.25, -0.2) is 4.39 Å². The Labute approximate surface area is 247 Å². The van der Waals surface area contributed by atoms with E-state index >= 15 is 4.39 Å². The normalized spacial score (nSPS) is 20.4. The van der Waals surface area contributed by atoms with Gasteiger partial charge in [0.2, 0.25) is 0 Å². The molecule has 0 spiro atoms. The smallest absolute Gasteiger partial charge is 0.310 e. The molecule has 2 aromatic carbocycles. The largest absolute Gasteiger partial charge is 0.490 e. The van der Waals surface area contributed by atoms with Crippen LogP contribution in [0.15, 0.2) is 36.4 Å². The lowest BCUT2D eigenvalue weighted by molar-refractivity contribution is -0.138. The molecule has 2 aliphatic carbocycles. The summed E-state index contributed by atoms with van der Waals surface area (Å²) in [5.41, 5.74) is 3.12. The van der Waals surface area contributed by atoms with E-state index in [-0.39, 0.29) is 29.2 Å². The fourth-order valence-corrected chi connectivity index (χ4v) is 6.23. The maximum absolute atomic E-state index is 15.1. The molecule has 2 aromatic rings. The van der Waals surface area contributed by atoms with E-state index in [4.69, 9.17) is 4.74 Å². The van der Waals surface area contributed by atoms with Gasteiger partial charge in [0.25, 0.3) is 0 Å². The summed E-state index contributed by atoms with van der Waals surface area (Å²) in [6, 6.07) is 10.7. The van der Waals surface area contributed by atoms with E-state index < -0.39 is 11.9 Å². The zero-order valence-electron chi connectivity index (χ0n) is 26.3. The molecule has 0 aromatic heterocycles. The van der Waals surface area contributed by atoms with Gasteiger partial charge >= 0.3 is 5.97 Å². The third kappa shape index (κ3) is 8.20. The van der Waals surface area contributed by atoms with Gasteiger partial charge in [-0.2, -0.15) is 0 Å². The fraction of sp³-hybridized carbons (Fsp3) is 0.611. The van der Waals surface area contributed by atoms with Crippen molar-refractivity contribution in [2.24, 2.45) is 17.3 Å². The second kappa shape index (κ2) is 14.5. The highest BCUT2D eigenvalue weighted by Crippen LogP contribution is 2.46. The lowest BCUT2D eigenvalue weighted by Crippen LogP contribution is -2.22. The number of benzene rings is 2. The van der Waals surface area contributed by atoms with Gasteiger partial charge in [-0.05, 0) is 97.6 Å². The summed E-state index contributed by atoms with van der Waals surface area (Å²) in [6.45, 7) is 14.4. The molecule has 0 heterocycles. The van der Waals surface area contributed by atoms with E-state index in [2.05, 4.69) is 27.7 Å². The molecule has 0 saturated heterocycles. The van der Waals surface area contributed by atoms with Crippen molar-refractivity contribution in [1.29, 1.82) is 0 Å². The molecule has 4 rings (SSSR count). The Hall–Kier alpha value is -2.69. The Morgan fingerprint density at radius 1 is 1.05 bits per heavy atom. The van der Waals surface area contributed by atoms with Gasteiger partial charge in [0.15, 0.2) is 0 Å². The Bertz CT molecular complexity index is 1180. The molecule has 4 nitrogen and oxygen atoms in total. The number of carboxylic acids is 1. The Kier molecular flexibility index (Phi) is 11.6. The number of carbonyl (C=O) groups is 2. The standard InChI is InChI=1S/C34H45FO4.C2H6/c1-6-34(4,5)20-21(2)30(36)18-23-13-15-26(17-23)39-31-16-14-25(22(3)33(37)38)19-28(31)27-11-8-12-29(35)32(27)24-9-7-10-24;1-2/h8,11-12,14,16,19,21-24,26H,6-7,9-10,13,15,17-18,20H2,1-5H3,(H,37,38);1-2H3/t21-,22+,23+,26+;/m0./s1. The second-order valence-corrected chi connectivity index (χ2v) is 12.9. The second-order valence-electron chi connectivity index (χ2n) is 12.9. The van der Waals surface area contributed by atoms with E-state index in [0.717, 1.165) is 62.5 Å². The van der Waals surface area contributed by atoms with Gasteiger partial charge in [0, 0.05) is 17.9 Å². The van der Waals surface area contributed by atoms with Crippen LogP contribution < -0.4 is 4.74 Å². The van der Waals surface area contributed by atoms with E-state index in [1.165, 1.54) is 6.07 Å². The van der Waals surface area contributed by atoms with Gasteiger partial charge in [-0.1, -0.05) is 72.6 Å². The summed E-state index contributed by atoms with van der Waals surface area (Å²) < 4.78 is 21.7. The summed E-state index contributed by atoms with van der Waals surface area (Å²) in [5.74, 6) is -0.224. The predicted octanol–water partition coefficient (Wildman–Crippen LogP) is 9.94. The van der Waals surface area contributed by atoms with Crippen LogP contribution in [0.1, 0.15) is 129 Å². The number of aliphatic carboxylic acids is 1. The van der Waals surface area contributed by atoms with Crippen molar-refractivity contribution in [3.05, 3.63) is 53.3 Å². The van der Waals surface area contributed by atoms with Crippen molar-refractivity contribution in [2.45, 2.75) is 124 Å².